The van der Waals surface area contributed by atoms with Crippen LogP contribution >= 0.6 is 0 Å². The van der Waals surface area contributed by atoms with Gasteiger partial charge in [-0.15, -0.1) is 0 Å². The maximum Gasteiger partial charge on any atom is 0.0978 e. The number of hydrogen-bond acceptors (Lipinski definition) is 1. The van der Waals surface area contributed by atoms with Crippen molar-refractivity contribution in [3.63, 3.8) is 0 Å². The lowest BCUT2D eigenvalue weighted by Crippen LogP contribution is -2.20. The lowest BCUT2D eigenvalue weighted by Gasteiger charge is -2.14. The Morgan fingerprint density at radius 2 is 2.00 bits per heavy atom. The van der Waals surface area contributed by atoms with Crippen LogP contribution in [0.5, 0.6) is 0 Å². The van der Waals surface area contributed by atoms with E-state index in [2.05, 4.69) is 13.8 Å². The fourth-order valence-electron chi connectivity index (χ4n) is 3.98. The summed E-state index contributed by atoms with van der Waals surface area (Å²) in [6.45, 7) is 4.68. The van der Waals surface area contributed by atoms with Gasteiger partial charge in [-0.3, -0.25) is 0 Å². The summed E-state index contributed by atoms with van der Waals surface area (Å²) >= 11 is 0. The van der Waals surface area contributed by atoms with Gasteiger partial charge in [0.2, 0.25) is 0 Å². The quantitative estimate of drug-likeness (QED) is 0.504. The van der Waals surface area contributed by atoms with E-state index in [9.17, 15) is 0 Å². The molecule has 0 N–H and O–H groups in total. The van der Waals surface area contributed by atoms with E-state index < -0.39 is 0 Å². The van der Waals surface area contributed by atoms with Gasteiger partial charge in [0.05, 0.1) is 11.7 Å². The van der Waals surface area contributed by atoms with Crippen LogP contribution in [0.2, 0.25) is 0 Å². The van der Waals surface area contributed by atoms with Crippen molar-refractivity contribution in [1.29, 1.82) is 0 Å². The highest BCUT2D eigenvalue weighted by Gasteiger charge is 2.66. The molecule has 1 nitrogen and oxygen atoms in total. The van der Waals surface area contributed by atoms with Gasteiger partial charge in [-0.25, -0.2) is 0 Å². The van der Waals surface area contributed by atoms with E-state index >= 15 is 0 Å². The average molecular weight is 166 g/mol. The maximum absolute atomic E-state index is 5.85. The Balaban J connectivity index is 1.90. The molecule has 0 amide bonds. The first-order chi connectivity index (χ1) is 5.74. The Labute approximate surface area is 74.5 Å². The van der Waals surface area contributed by atoms with Gasteiger partial charge in [-0.05, 0) is 43.9 Å². The summed E-state index contributed by atoms with van der Waals surface area (Å²) in [4.78, 5) is 0. The minimum absolute atomic E-state index is 0.376. The molecule has 3 rings (SSSR count). The Morgan fingerprint density at radius 3 is 2.67 bits per heavy atom. The Kier molecular flexibility index (Phi) is 1.27. The van der Waals surface area contributed by atoms with Crippen molar-refractivity contribution in [2.24, 2.45) is 17.8 Å². The van der Waals surface area contributed by atoms with Gasteiger partial charge in [0.25, 0.3) is 0 Å². The summed E-state index contributed by atoms with van der Waals surface area (Å²) in [6, 6.07) is 0. The van der Waals surface area contributed by atoms with Gasteiger partial charge < -0.3 is 4.74 Å². The van der Waals surface area contributed by atoms with Crippen LogP contribution in [0.1, 0.15) is 39.5 Å². The van der Waals surface area contributed by atoms with Crippen molar-refractivity contribution >= 4 is 0 Å². The Morgan fingerprint density at radius 1 is 1.25 bits per heavy atom. The van der Waals surface area contributed by atoms with E-state index in [0.717, 1.165) is 17.8 Å². The maximum atomic E-state index is 5.85. The lowest BCUT2D eigenvalue weighted by molar-refractivity contribution is 0.231. The van der Waals surface area contributed by atoms with Gasteiger partial charge in [-0.1, -0.05) is 13.3 Å². The second-order valence-corrected chi connectivity index (χ2v) is 5.10. The first-order valence-corrected chi connectivity index (χ1v) is 5.42. The van der Waals surface area contributed by atoms with Crippen molar-refractivity contribution in [3.05, 3.63) is 0 Å². The van der Waals surface area contributed by atoms with Gasteiger partial charge in [0.1, 0.15) is 0 Å². The van der Waals surface area contributed by atoms with E-state index in [1.807, 2.05) is 0 Å². The topological polar surface area (TPSA) is 12.5 Å². The first kappa shape index (κ1) is 7.37. The largest absolute Gasteiger partial charge is 0.366 e. The van der Waals surface area contributed by atoms with Crippen LogP contribution in [-0.4, -0.2) is 11.7 Å². The molecule has 0 bridgehead atoms. The fraction of sp³-hybridized carbons (Fsp3) is 1.00. The van der Waals surface area contributed by atoms with E-state index in [1.54, 1.807) is 0 Å². The molecule has 1 saturated heterocycles. The highest BCUT2D eigenvalue weighted by atomic mass is 16.6. The number of rotatable bonds is 0. The zero-order chi connectivity index (χ0) is 8.34. The summed E-state index contributed by atoms with van der Waals surface area (Å²) in [6.07, 6.45) is 6.30. The Bertz CT molecular complexity index is 213. The molecular weight excluding hydrogens is 148 g/mol. The molecule has 1 spiro atoms. The van der Waals surface area contributed by atoms with Crippen LogP contribution in [0.3, 0.4) is 0 Å². The van der Waals surface area contributed by atoms with Crippen LogP contribution in [0, 0.1) is 17.8 Å². The SMILES string of the molecule is CC1CC2(OC2C)C2CCCC12. The van der Waals surface area contributed by atoms with Crippen LogP contribution in [0.15, 0.2) is 0 Å². The second kappa shape index (κ2) is 2.06. The third-order valence-electron chi connectivity index (χ3n) is 4.60. The van der Waals surface area contributed by atoms with Crippen molar-refractivity contribution in [2.45, 2.75) is 51.2 Å². The standard InChI is InChI=1S/C11H18O/c1-7-6-11(8(2)12-11)10-5-3-4-9(7)10/h7-10H,3-6H2,1-2H3. The van der Waals surface area contributed by atoms with E-state index in [-0.39, 0.29) is 0 Å². The highest BCUT2D eigenvalue weighted by Crippen LogP contribution is 2.62. The van der Waals surface area contributed by atoms with Gasteiger partial charge >= 0.3 is 0 Å². The van der Waals surface area contributed by atoms with E-state index in [4.69, 9.17) is 4.74 Å². The van der Waals surface area contributed by atoms with Crippen molar-refractivity contribution in [1.82, 2.24) is 0 Å². The van der Waals surface area contributed by atoms with Crippen LogP contribution < -0.4 is 0 Å². The normalized spacial score (nSPS) is 62.5. The zero-order valence-electron chi connectivity index (χ0n) is 8.05. The number of fused-ring (bicyclic) bond motifs is 2. The zero-order valence-corrected chi connectivity index (χ0v) is 8.05. The first-order valence-electron chi connectivity index (χ1n) is 5.42. The summed E-state index contributed by atoms with van der Waals surface area (Å²) in [5.74, 6) is 2.87. The molecule has 2 aliphatic carbocycles. The number of ether oxygens (including phenoxy) is 1. The van der Waals surface area contributed by atoms with Gasteiger partial charge in [0.15, 0.2) is 0 Å². The van der Waals surface area contributed by atoms with Crippen molar-refractivity contribution in [3.8, 4) is 0 Å². The predicted molar refractivity (Wildman–Crippen MR) is 47.9 cm³/mol. The molecule has 5 atom stereocenters. The van der Waals surface area contributed by atoms with Gasteiger partial charge in [0, 0.05) is 0 Å². The molecule has 2 saturated carbocycles. The highest BCUT2D eigenvalue weighted by molar-refractivity contribution is 5.14. The smallest absolute Gasteiger partial charge is 0.0978 e. The molecule has 0 radical (unpaired) electrons. The van der Waals surface area contributed by atoms with Crippen LogP contribution in [0.25, 0.3) is 0 Å². The lowest BCUT2D eigenvalue weighted by atomic mass is 9.89. The average Bonchev–Trinajstić information content (AvgIpc) is 2.52. The molecule has 3 fully saturated rings. The van der Waals surface area contributed by atoms with E-state index in [0.29, 0.717) is 11.7 Å². The molecule has 5 unspecified atom stereocenters. The number of epoxide rings is 1. The van der Waals surface area contributed by atoms with Crippen molar-refractivity contribution in [2.75, 3.05) is 0 Å². The van der Waals surface area contributed by atoms with Crippen molar-refractivity contribution < 1.29 is 4.74 Å². The molecule has 68 valence electrons. The van der Waals surface area contributed by atoms with Crippen LogP contribution in [-0.2, 0) is 4.74 Å². The predicted octanol–water partition coefficient (Wildman–Crippen LogP) is 2.60. The Hall–Kier alpha value is -0.0400. The molecule has 1 aliphatic heterocycles. The van der Waals surface area contributed by atoms with E-state index in [1.165, 1.54) is 25.7 Å². The molecule has 1 heterocycles. The third kappa shape index (κ3) is 0.693. The molecule has 0 aromatic heterocycles. The molecule has 1 heteroatoms. The second-order valence-electron chi connectivity index (χ2n) is 5.10. The summed E-state index contributed by atoms with van der Waals surface area (Å²) in [5, 5.41) is 0. The monoisotopic (exact) mass is 166 g/mol. The van der Waals surface area contributed by atoms with Crippen LogP contribution in [0.4, 0.5) is 0 Å². The molecule has 12 heavy (non-hydrogen) atoms. The molecule has 0 aromatic carbocycles. The number of hydrogen-bond donors (Lipinski definition) is 0. The summed E-state index contributed by atoms with van der Waals surface area (Å²) in [5.41, 5.74) is 0.376. The third-order valence-corrected chi connectivity index (χ3v) is 4.60. The fourth-order valence-corrected chi connectivity index (χ4v) is 3.98. The molecule has 0 aromatic rings. The van der Waals surface area contributed by atoms with Gasteiger partial charge in [-0.2, -0.15) is 0 Å². The minimum Gasteiger partial charge on any atom is -0.366 e. The molecular formula is C11H18O. The minimum atomic E-state index is 0.376. The summed E-state index contributed by atoms with van der Waals surface area (Å²) in [7, 11) is 0. The molecule has 3 aliphatic rings. The summed E-state index contributed by atoms with van der Waals surface area (Å²) < 4.78 is 5.85.